The molecule has 1 aliphatic carbocycles. The number of carbonyl (C=O) groups is 1. The lowest BCUT2D eigenvalue weighted by molar-refractivity contribution is -0.121. The molecule has 1 amide bonds. The van der Waals surface area contributed by atoms with E-state index in [-0.39, 0.29) is 30.8 Å². The number of benzene rings is 2. The van der Waals surface area contributed by atoms with Gasteiger partial charge in [0.1, 0.15) is 0 Å². The number of nitrogens with one attached hydrogen (secondary N) is 2. The molecule has 1 fully saturated rings. The molecular formula is C29H37Cl2N5O3S. The highest BCUT2D eigenvalue weighted by Gasteiger charge is 2.26. The third-order valence-electron chi connectivity index (χ3n) is 8.26. The van der Waals surface area contributed by atoms with Gasteiger partial charge in [-0.15, -0.1) is 5.10 Å². The maximum Gasteiger partial charge on any atom is 0.241 e. The van der Waals surface area contributed by atoms with E-state index in [0.717, 1.165) is 64.8 Å². The van der Waals surface area contributed by atoms with Crippen LogP contribution in [0.25, 0.3) is 0 Å². The fourth-order valence-electron chi connectivity index (χ4n) is 5.48. The van der Waals surface area contributed by atoms with Crippen molar-refractivity contribution in [3.8, 4) is 0 Å². The van der Waals surface area contributed by atoms with E-state index in [2.05, 4.69) is 20.4 Å². The summed E-state index contributed by atoms with van der Waals surface area (Å²) < 4.78 is 30.6. The predicted octanol–water partition coefficient (Wildman–Crippen LogP) is 5.69. The van der Waals surface area contributed by atoms with Crippen LogP contribution >= 0.6 is 23.2 Å². The number of hydrogen-bond acceptors (Lipinski definition) is 5. The average Bonchev–Trinajstić information content (AvgIpc) is 3.37. The number of amides is 1. The Morgan fingerprint density at radius 2 is 1.60 bits per heavy atom. The molecular weight excluding hydrogens is 569 g/mol. The maximum atomic E-state index is 13.1. The molecule has 0 aliphatic heterocycles. The van der Waals surface area contributed by atoms with Crippen LogP contribution in [0.2, 0.25) is 10.0 Å². The topological polar surface area (TPSA) is 106 Å². The third kappa shape index (κ3) is 6.87. The van der Waals surface area contributed by atoms with Crippen LogP contribution in [0, 0.1) is 34.6 Å². The van der Waals surface area contributed by atoms with Crippen molar-refractivity contribution in [2.24, 2.45) is 0 Å². The molecule has 2 aromatic carbocycles. The number of nitrogens with zero attached hydrogens (tertiary/aromatic N) is 3. The van der Waals surface area contributed by atoms with Crippen molar-refractivity contribution >= 4 is 39.1 Å². The summed E-state index contributed by atoms with van der Waals surface area (Å²) in [5.74, 6) is 0.129. The standard InChI is InChI=1S/C29H37Cl2N5O3S/c1-17-18(2)20(4)29(21(5)19(17)3)40(38,39)32-13-12-28(37)33-25-10-7-22(8-11-25)27-16-36(35-34-27)15-23-6-9-24(30)14-26(23)31/h6,9,14,16,22,25,32H,7-8,10-13,15H2,1-5H3,(H,33,37). The van der Waals surface area contributed by atoms with E-state index < -0.39 is 10.0 Å². The predicted molar refractivity (Wildman–Crippen MR) is 159 cm³/mol. The van der Waals surface area contributed by atoms with Gasteiger partial charge in [-0.05, 0) is 106 Å². The summed E-state index contributed by atoms with van der Waals surface area (Å²) in [7, 11) is -3.73. The first-order valence-corrected chi connectivity index (χ1v) is 15.8. The zero-order chi connectivity index (χ0) is 29.2. The van der Waals surface area contributed by atoms with Crippen molar-refractivity contribution in [1.29, 1.82) is 0 Å². The second-order valence-corrected chi connectivity index (χ2v) is 13.3. The van der Waals surface area contributed by atoms with Gasteiger partial charge in [-0.2, -0.15) is 0 Å². The Morgan fingerprint density at radius 3 is 2.23 bits per heavy atom. The van der Waals surface area contributed by atoms with Gasteiger partial charge in [-0.3, -0.25) is 4.79 Å². The molecule has 1 saturated carbocycles. The Labute approximate surface area is 246 Å². The van der Waals surface area contributed by atoms with Crippen molar-refractivity contribution < 1.29 is 13.2 Å². The molecule has 0 saturated heterocycles. The number of rotatable bonds is 9. The first kappa shape index (κ1) is 30.5. The maximum absolute atomic E-state index is 13.1. The molecule has 1 heterocycles. The summed E-state index contributed by atoms with van der Waals surface area (Å²) in [5.41, 5.74) is 6.43. The summed E-state index contributed by atoms with van der Waals surface area (Å²) in [6, 6.07) is 5.47. The van der Waals surface area contributed by atoms with Gasteiger partial charge in [0, 0.05) is 41.2 Å². The highest BCUT2D eigenvalue weighted by Crippen LogP contribution is 2.32. The van der Waals surface area contributed by atoms with Crippen LogP contribution in [-0.4, -0.2) is 41.9 Å². The van der Waals surface area contributed by atoms with Gasteiger partial charge >= 0.3 is 0 Å². The molecule has 0 spiro atoms. The average molecular weight is 607 g/mol. The van der Waals surface area contributed by atoms with E-state index in [9.17, 15) is 13.2 Å². The van der Waals surface area contributed by atoms with Crippen molar-refractivity contribution in [2.75, 3.05) is 6.54 Å². The summed E-state index contributed by atoms with van der Waals surface area (Å²) >= 11 is 12.3. The van der Waals surface area contributed by atoms with Gasteiger partial charge in [0.25, 0.3) is 0 Å². The first-order valence-electron chi connectivity index (χ1n) is 13.6. The summed E-state index contributed by atoms with van der Waals surface area (Å²) in [6.07, 6.45) is 5.49. The van der Waals surface area contributed by atoms with E-state index in [4.69, 9.17) is 23.2 Å². The normalized spacial score (nSPS) is 17.7. The number of carbonyl (C=O) groups excluding carboxylic acids is 1. The molecule has 11 heteroatoms. The molecule has 0 radical (unpaired) electrons. The molecule has 4 rings (SSSR count). The molecule has 0 unspecified atom stereocenters. The summed E-state index contributed by atoms with van der Waals surface area (Å²) in [4.78, 5) is 12.9. The molecule has 1 aromatic heterocycles. The van der Waals surface area contributed by atoms with Crippen LogP contribution in [0.5, 0.6) is 0 Å². The second kappa shape index (κ2) is 12.6. The van der Waals surface area contributed by atoms with Crippen molar-refractivity contribution in [2.45, 2.75) is 90.1 Å². The van der Waals surface area contributed by atoms with Crippen LogP contribution < -0.4 is 10.0 Å². The quantitative estimate of drug-likeness (QED) is 0.326. The highest BCUT2D eigenvalue weighted by atomic mass is 35.5. The van der Waals surface area contributed by atoms with E-state index >= 15 is 0 Å². The fourth-order valence-corrected chi connectivity index (χ4v) is 7.57. The zero-order valence-corrected chi connectivity index (χ0v) is 26.0. The van der Waals surface area contributed by atoms with Crippen LogP contribution in [0.1, 0.15) is 77.1 Å². The van der Waals surface area contributed by atoms with E-state index in [1.54, 1.807) is 16.8 Å². The van der Waals surface area contributed by atoms with Gasteiger partial charge in [0.15, 0.2) is 0 Å². The third-order valence-corrected chi connectivity index (χ3v) is 10.6. The number of halogens is 2. The molecule has 8 nitrogen and oxygen atoms in total. The number of sulfonamides is 1. The molecule has 1 aliphatic rings. The Bertz CT molecular complexity index is 1480. The Morgan fingerprint density at radius 1 is 0.975 bits per heavy atom. The van der Waals surface area contributed by atoms with Crippen LogP contribution in [0.15, 0.2) is 29.3 Å². The van der Waals surface area contributed by atoms with Crippen LogP contribution in [0.4, 0.5) is 0 Å². The lowest BCUT2D eigenvalue weighted by Crippen LogP contribution is -2.39. The van der Waals surface area contributed by atoms with E-state index in [1.807, 2.05) is 46.9 Å². The molecule has 0 atom stereocenters. The molecule has 2 N–H and O–H groups in total. The largest absolute Gasteiger partial charge is 0.353 e. The summed E-state index contributed by atoms with van der Waals surface area (Å²) in [5, 5.41) is 12.9. The van der Waals surface area contributed by atoms with E-state index in [1.165, 1.54) is 0 Å². The summed E-state index contributed by atoms with van der Waals surface area (Å²) in [6.45, 7) is 10.1. The lowest BCUT2D eigenvalue weighted by atomic mass is 9.84. The number of aromatic nitrogens is 3. The smallest absolute Gasteiger partial charge is 0.241 e. The Balaban J connectivity index is 1.24. The second-order valence-electron chi connectivity index (χ2n) is 10.8. The van der Waals surface area contributed by atoms with Crippen molar-refractivity contribution in [3.63, 3.8) is 0 Å². The monoisotopic (exact) mass is 605 g/mol. The minimum atomic E-state index is -3.73. The molecule has 40 heavy (non-hydrogen) atoms. The minimum Gasteiger partial charge on any atom is -0.353 e. The van der Waals surface area contributed by atoms with Gasteiger partial charge in [0.05, 0.1) is 17.1 Å². The molecule has 216 valence electrons. The molecule has 0 bridgehead atoms. The van der Waals surface area contributed by atoms with Crippen LogP contribution in [0.3, 0.4) is 0 Å². The minimum absolute atomic E-state index is 0.0507. The Kier molecular flexibility index (Phi) is 9.60. The van der Waals surface area contributed by atoms with Gasteiger partial charge in [-0.1, -0.05) is 34.5 Å². The highest BCUT2D eigenvalue weighted by molar-refractivity contribution is 7.89. The van der Waals surface area contributed by atoms with Gasteiger partial charge in [-0.25, -0.2) is 17.8 Å². The first-order chi connectivity index (χ1) is 18.9. The SMILES string of the molecule is Cc1c(C)c(C)c(S(=O)(=O)NCCC(=O)NC2CCC(c3cn(Cc4ccc(Cl)cc4Cl)nn3)CC2)c(C)c1C. The van der Waals surface area contributed by atoms with Crippen molar-refractivity contribution in [1.82, 2.24) is 25.0 Å². The number of hydrogen-bond donors (Lipinski definition) is 2. The van der Waals surface area contributed by atoms with E-state index in [0.29, 0.717) is 21.5 Å². The lowest BCUT2D eigenvalue weighted by Gasteiger charge is -2.28. The molecule has 3 aromatic rings. The van der Waals surface area contributed by atoms with Gasteiger partial charge < -0.3 is 5.32 Å². The van der Waals surface area contributed by atoms with Crippen LogP contribution in [-0.2, 0) is 21.4 Å². The van der Waals surface area contributed by atoms with Crippen molar-refractivity contribution in [3.05, 3.63) is 73.5 Å². The Hall–Kier alpha value is -2.46. The fraction of sp³-hybridized carbons (Fsp3) is 0.483. The zero-order valence-electron chi connectivity index (χ0n) is 23.6. The van der Waals surface area contributed by atoms with Gasteiger partial charge in [0.2, 0.25) is 15.9 Å².